The highest BCUT2D eigenvalue weighted by Crippen LogP contribution is 2.51. The van der Waals surface area contributed by atoms with E-state index in [9.17, 15) is 0 Å². The number of aryl methyl sites for hydroxylation is 1. The quantitative estimate of drug-likeness (QED) is 0.148. The van der Waals surface area contributed by atoms with Gasteiger partial charge in [0.25, 0.3) is 0 Å². The van der Waals surface area contributed by atoms with Gasteiger partial charge in [-0.2, -0.15) is 0 Å². The van der Waals surface area contributed by atoms with Crippen LogP contribution in [0.2, 0.25) is 0 Å². The average Bonchev–Trinajstić information content (AvgIpc) is 3.70. The molecule has 1 aromatic heterocycles. The molecule has 0 amide bonds. The molecule has 1 atom stereocenters. The SMILES string of the molecule is CC1(C)c2cc([C@@H](CCc3ccc(-c4ccccc4)cc3)c3ccc(-c4ccccc4)cc3)ccc2-c2ccc(-n3c4ccccc4c4ccccc43)cc21. The molecule has 9 aromatic rings. The first kappa shape index (κ1) is 33.2. The van der Waals surface area contributed by atoms with Gasteiger partial charge in [0, 0.05) is 27.8 Å². The zero-order valence-corrected chi connectivity index (χ0v) is 31.4. The maximum Gasteiger partial charge on any atom is 0.0541 e. The Labute approximate surface area is 324 Å². The van der Waals surface area contributed by atoms with Crippen molar-refractivity contribution in [3.63, 3.8) is 0 Å². The van der Waals surface area contributed by atoms with Gasteiger partial charge in [-0.1, -0.05) is 184 Å². The summed E-state index contributed by atoms with van der Waals surface area (Å²) in [6.07, 6.45) is 2.03. The van der Waals surface area contributed by atoms with Crippen LogP contribution in [0.3, 0.4) is 0 Å². The molecule has 264 valence electrons. The summed E-state index contributed by atoms with van der Waals surface area (Å²) in [5, 5.41) is 2.58. The largest absolute Gasteiger partial charge is 0.309 e. The molecule has 0 aliphatic heterocycles. The number of fused-ring (bicyclic) bond motifs is 6. The summed E-state index contributed by atoms with van der Waals surface area (Å²) in [6.45, 7) is 4.82. The summed E-state index contributed by atoms with van der Waals surface area (Å²) in [5.74, 6) is 0.261. The summed E-state index contributed by atoms with van der Waals surface area (Å²) in [6, 6.07) is 71.9. The zero-order valence-electron chi connectivity index (χ0n) is 31.4. The molecule has 0 bridgehead atoms. The summed E-state index contributed by atoms with van der Waals surface area (Å²) in [7, 11) is 0. The van der Waals surface area contributed by atoms with Crippen molar-refractivity contribution in [2.75, 3.05) is 0 Å². The van der Waals surface area contributed by atoms with Crippen LogP contribution in [-0.4, -0.2) is 4.57 Å². The van der Waals surface area contributed by atoms with Crippen LogP contribution >= 0.6 is 0 Å². The third kappa shape index (κ3) is 5.79. The number of rotatable bonds is 8. The standard InChI is InChI=1S/C54H43N/c1-54(2)50-35-43(30-33-46(50)47-34-31-44(36-51(47)54)55-52-19-11-9-17-48(52)49-18-10-12-20-53(49)55)45(42-28-26-41(27-29-42)39-15-7-4-8-16-39)32-23-37-21-24-40(25-22-37)38-13-5-3-6-14-38/h3-22,24-31,33-36,45H,23,32H2,1-2H3/t45-/m0/s1. The van der Waals surface area contributed by atoms with Gasteiger partial charge in [-0.05, 0) is 98.3 Å². The third-order valence-electron chi connectivity index (χ3n) is 12.1. The lowest BCUT2D eigenvalue weighted by Gasteiger charge is -2.25. The number of nitrogens with zero attached hydrogens (tertiary/aromatic N) is 1. The smallest absolute Gasteiger partial charge is 0.0541 e. The highest BCUT2D eigenvalue weighted by molar-refractivity contribution is 6.09. The van der Waals surface area contributed by atoms with Crippen LogP contribution in [0.25, 0.3) is 60.9 Å². The number of para-hydroxylation sites is 2. The van der Waals surface area contributed by atoms with Crippen molar-refractivity contribution in [3.05, 3.63) is 222 Å². The minimum atomic E-state index is -0.148. The molecule has 1 aliphatic rings. The first-order chi connectivity index (χ1) is 27.0. The van der Waals surface area contributed by atoms with Crippen molar-refractivity contribution in [3.8, 4) is 39.1 Å². The first-order valence-corrected chi connectivity index (χ1v) is 19.6. The van der Waals surface area contributed by atoms with E-state index in [1.54, 1.807) is 0 Å². The predicted molar refractivity (Wildman–Crippen MR) is 232 cm³/mol. The fourth-order valence-electron chi connectivity index (χ4n) is 9.17. The Morgan fingerprint density at radius 1 is 0.436 bits per heavy atom. The van der Waals surface area contributed by atoms with Crippen LogP contribution in [0, 0.1) is 0 Å². The Kier molecular flexibility index (Phi) is 8.11. The van der Waals surface area contributed by atoms with E-state index in [0.29, 0.717) is 0 Å². The summed E-state index contributed by atoms with van der Waals surface area (Å²) >= 11 is 0. The Morgan fingerprint density at radius 2 is 0.909 bits per heavy atom. The molecule has 55 heavy (non-hydrogen) atoms. The third-order valence-corrected chi connectivity index (χ3v) is 12.1. The van der Waals surface area contributed by atoms with Crippen LogP contribution in [0.4, 0.5) is 0 Å². The van der Waals surface area contributed by atoms with Crippen molar-refractivity contribution in [2.45, 2.75) is 38.0 Å². The highest BCUT2D eigenvalue weighted by atomic mass is 15.0. The normalized spacial score (nSPS) is 13.5. The van der Waals surface area contributed by atoms with Crippen LogP contribution < -0.4 is 0 Å². The van der Waals surface area contributed by atoms with Crippen molar-refractivity contribution in [2.24, 2.45) is 0 Å². The molecule has 1 heteroatoms. The lowest BCUT2D eigenvalue weighted by molar-refractivity contribution is 0.654. The maximum absolute atomic E-state index is 2.53. The van der Waals surface area contributed by atoms with Gasteiger partial charge < -0.3 is 4.57 Å². The second kappa shape index (κ2) is 13.4. The Morgan fingerprint density at radius 3 is 1.51 bits per heavy atom. The molecule has 0 saturated carbocycles. The van der Waals surface area contributed by atoms with Gasteiger partial charge in [-0.15, -0.1) is 0 Å². The van der Waals surface area contributed by atoms with Gasteiger partial charge in [0.2, 0.25) is 0 Å². The van der Waals surface area contributed by atoms with E-state index in [1.165, 1.54) is 88.7 Å². The predicted octanol–water partition coefficient (Wildman–Crippen LogP) is 14.2. The van der Waals surface area contributed by atoms with Gasteiger partial charge in [-0.3, -0.25) is 0 Å². The van der Waals surface area contributed by atoms with E-state index in [-0.39, 0.29) is 11.3 Å². The van der Waals surface area contributed by atoms with Crippen LogP contribution in [0.1, 0.15) is 54.0 Å². The van der Waals surface area contributed by atoms with Crippen molar-refractivity contribution in [1.82, 2.24) is 4.57 Å². The Balaban J connectivity index is 1.01. The molecular weight excluding hydrogens is 663 g/mol. The Hall–Kier alpha value is -6.44. The van der Waals surface area contributed by atoms with Gasteiger partial charge in [-0.25, -0.2) is 0 Å². The maximum atomic E-state index is 2.53. The monoisotopic (exact) mass is 705 g/mol. The van der Waals surface area contributed by atoms with Gasteiger partial charge in [0.15, 0.2) is 0 Å². The summed E-state index contributed by atoms with van der Waals surface area (Å²) in [5.41, 5.74) is 18.2. The lowest BCUT2D eigenvalue weighted by atomic mass is 9.79. The molecule has 10 rings (SSSR count). The Bertz CT molecular complexity index is 2750. The molecule has 0 unspecified atom stereocenters. The fraction of sp³-hybridized carbons (Fsp3) is 0.111. The van der Waals surface area contributed by atoms with Crippen molar-refractivity contribution in [1.29, 1.82) is 0 Å². The van der Waals surface area contributed by atoms with E-state index in [2.05, 4.69) is 213 Å². The van der Waals surface area contributed by atoms with Crippen LogP contribution in [-0.2, 0) is 11.8 Å². The number of hydrogen-bond acceptors (Lipinski definition) is 0. The van der Waals surface area contributed by atoms with E-state index in [0.717, 1.165) is 12.8 Å². The van der Waals surface area contributed by atoms with E-state index in [1.807, 2.05) is 0 Å². The van der Waals surface area contributed by atoms with Crippen LogP contribution in [0.15, 0.2) is 194 Å². The van der Waals surface area contributed by atoms with Gasteiger partial charge >= 0.3 is 0 Å². The highest BCUT2D eigenvalue weighted by Gasteiger charge is 2.36. The molecule has 0 fully saturated rings. The van der Waals surface area contributed by atoms with Gasteiger partial charge in [0.1, 0.15) is 0 Å². The number of hydrogen-bond donors (Lipinski definition) is 0. The summed E-state index contributed by atoms with van der Waals surface area (Å²) < 4.78 is 2.44. The van der Waals surface area contributed by atoms with E-state index in [4.69, 9.17) is 0 Å². The molecule has 0 radical (unpaired) electrons. The first-order valence-electron chi connectivity index (χ1n) is 19.6. The fourth-order valence-corrected chi connectivity index (χ4v) is 9.17. The van der Waals surface area contributed by atoms with E-state index >= 15 is 0 Å². The van der Waals surface area contributed by atoms with Crippen molar-refractivity contribution >= 4 is 21.8 Å². The molecule has 0 saturated heterocycles. The zero-order chi connectivity index (χ0) is 36.9. The molecule has 8 aromatic carbocycles. The van der Waals surface area contributed by atoms with Crippen molar-refractivity contribution < 1.29 is 0 Å². The molecule has 1 aliphatic carbocycles. The minimum Gasteiger partial charge on any atom is -0.309 e. The second-order valence-corrected chi connectivity index (χ2v) is 15.7. The van der Waals surface area contributed by atoms with Crippen LogP contribution in [0.5, 0.6) is 0 Å². The lowest BCUT2D eigenvalue weighted by Crippen LogP contribution is -2.16. The minimum absolute atomic E-state index is 0.148. The second-order valence-electron chi connectivity index (χ2n) is 15.7. The summed E-state index contributed by atoms with van der Waals surface area (Å²) in [4.78, 5) is 0. The number of aromatic nitrogens is 1. The van der Waals surface area contributed by atoms with E-state index < -0.39 is 0 Å². The topological polar surface area (TPSA) is 4.93 Å². The molecular formula is C54H43N. The number of benzene rings is 8. The molecule has 0 N–H and O–H groups in total. The molecule has 1 heterocycles. The average molecular weight is 706 g/mol. The molecule has 1 nitrogen and oxygen atoms in total. The van der Waals surface area contributed by atoms with Gasteiger partial charge in [0.05, 0.1) is 11.0 Å². The molecule has 0 spiro atoms.